The van der Waals surface area contributed by atoms with Gasteiger partial charge in [-0.25, -0.2) is 14.4 Å². The van der Waals surface area contributed by atoms with Gasteiger partial charge in [0.25, 0.3) is 0 Å². The lowest BCUT2D eigenvalue weighted by Gasteiger charge is -2.39. The minimum atomic E-state index is -0.416. The predicted molar refractivity (Wildman–Crippen MR) is 75.8 cm³/mol. The number of hydrogen-bond donors (Lipinski definition) is 0. The maximum absolute atomic E-state index is 13.0. The average Bonchev–Trinajstić information content (AvgIpc) is 3.18. The van der Waals surface area contributed by atoms with E-state index in [2.05, 4.69) is 25.1 Å². The van der Waals surface area contributed by atoms with Gasteiger partial charge in [-0.15, -0.1) is 10.2 Å². The fraction of sp³-hybridized carbons (Fsp3) is 0.571. The summed E-state index contributed by atoms with van der Waals surface area (Å²) in [5, 5.41) is 7.73. The molecular formula is C14H17FN6O. The third-order valence-electron chi connectivity index (χ3n) is 4.48. The summed E-state index contributed by atoms with van der Waals surface area (Å²) in [6.07, 6.45) is 8.83. The highest BCUT2D eigenvalue weighted by atomic mass is 19.1. The fourth-order valence-electron chi connectivity index (χ4n) is 3.43. The van der Waals surface area contributed by atoms with Gasteiger partial charge in [0.2, 0.25) is 5.95 Å². The Morgan fingerprint density at radius 1 is 1.23 bits per heavy atom. The molecule has 2 atom stereocenters. The fourth-order valence-corrected chi connectivity index (χ4v) is 3.43. The summed E-state index contributed by atoms with van der Waals surface area (Å²) < 4.78 is 21.1. The summed E-state index contributed by atoms with van der Waals surface area (Å²) in [4.78, 5) is 10.2. The van der Waals surface area contributed by atoms with Crippen LogP contribution in [0.25, 0.3) is 0 Å². The van der Waals surface area contributed by atoms with Gasteiger partial charge in [0, 0.05) is 19.5 Å². The Bertz CT molecular complexity index is 633. The molecule has 22 heavy (non-hydrogen) atoms. The number of nitrogens with zero attached hydrogens (tertiary/aromatic N) is 6. The van der Waals surface area contributed by atoms with Crippen molar-refractivity contribution in [1.29, 1.82) is 0 Å². The average molecular weight is 304 g/mol. The molecule has 4 rings (SSSR count). The normalized spacial score (nSPS) is 28.4. The van der Waals surface area contributed by atoms with Crippen LogP contribution in [0.5, 0.6) is 0 Å². The molecule has 2 aliphatic rings. The van der Waals surface area contributed by atoms with Crippen molar-refractivity contribution in [3.05, 3.63) is 30.9 Å². The van der Waals surface area contributed by atoms with Crippen molar-refractivity contribution in [1.82, 2.24) is 24.7 Å². The van der Waals surface area contributed by atoms with E-state index < -0.39 is 5.82 Å². The Labute approximate surface area is 127 Å². The Hall–Kier alpha value is -2.09. The van der Waals surface area contributed by atoms with Gasteiger partial charge in [0.05, 0.1) is 30.6 Å². The minimum absolute atomic E-state index is 0.190. The van der Waals surface area contributed by atoms with Gasteiger partial charge < -0.3 is 14.2 Å². The van der Waals surface area contributed by atoms with Crippen molar-refractivity contribution >= 4 is 5.95 Å². The molecule has 2 fully saturated rings. The van der Waals surface area contributed by atoms with Gasteiger partial charge in [-0.3, -0.25) is 0 Å². The molecule has 4 heterocycles. The van der Waals surface area contributed by atoms with E-state index in [1.807, 2.05) is 4.57 Å². The van der Waals surface area contributed by atoms with Gasteiger partial charge in [-0.05, 0) is 12.8 Å². The molecule has 0 saturated carbocycles. The minimum Gasteiger partial charge on any atom is -0.371 e. The van der Waals surface area contributed by atoms with E-state index in [1.54, 1.807) is 12.7 Å². The van der Waals surface area contributed by atoms with Crippen LogP contribution in [0.4, 0.5) is 10.3 Å². The SMILES string of the molecule is Fc1cnc(N2CCC[C@]3(C[C@@H](n4cnnc4)CO3)C2)nc1. The second-order valence-corrected chi connectivity index (χ2v) is 5.99. The predicted octanol–water partition coefficient (Wildman–Crippen LogP) is 1.21. The number of rotatable bonds is 2. The van der Waals surface area contributed by atoms with Crippen LogP contribution >= 0.6 is 0 Å². The van der Waals surface area contributed by atoms with Crippen LogP contribution in [0.3, 0.4) is 0 Å². The van der Waals surface area contributed by atoms with E-state index in [0.29, 0.717) is 12.6 Å². The molecule has 1 spiro atoms. The third kappa shape index (κ3) is 2.43. The number of halogens is 1. The number of hydrogen-bond acceptors (Lipinski definition) is 6. The molecule has 0 radical (unpaired) electrons. The quantitative estimate of drug-likeness (QED) is 0.830. The van der Waals surface area contributed by atoms with Gasteiger partial charge in [-0.1, -0.05) is 0 Å². The van der Waals surface area contributed by atoms with E-state index >= 15 is 0 Å². The summed E-state index contributed by atoms with van der Waals surface area (Å²) in [7, 11) is 0. The van der Waals surface area contributed by atoms with Crippen molar-refractivity contribution in [3.63, 3.8) is 0 Å². The highest BCUT2D eigenvalue weighted by Gasteiger charge is 2.44. The zero-order valence-corrected chi connectivity index (χ0v) is 12.1. The van der Waals surface area contributed by atoms with Crippen LogP contribution in [0, 0.1) is 5.82 Å². The Balaban J connectivity index is 1.50. The van der Waals surface area contributed by atoms with Gasteiger partial charge >= 0.3 is 0 Å². The second-order valence-electron chi connectivity index (χ2n) is 5.99. The molecule has 0 bridgehead atoms. The van der Waals surface area contributed by atoms with E-state index in [-0.39, 0.29) is 11.6 Å². The topological polar surface area (TPSA) is 69.0 Å². The Kier molecular flexibility index (Phi) is 3.25. The van der Waals surface area contributed by atoms with Crippen molar-refractivity contribution in [2.45, 2.75) is 30.9 Å². The lowest BCUT2D eigenvalue weighted by atomic mass is 9.89. The van der Waals surface area contributed by atoms with Crippen LogP contribution in [0.1, 0.15) is 25.3 Å². The van der Waals surface area contributed by atoms with Crippen LogP contribution in [-0.4, -0.2) is 50.0 Å². The smallest absolute Gasteiger partial charge is 0.225 e. The van der Waals surface area contributed by atoms with Crippen molar-refractivity contribution in [2.75, 3.05) is 24.6 Å². The molecule has 0 aromatic carbocycles. The van der Waals surface area contributed by atoms with E-state index in [0.717, 1.165) is 32.4 Å². The van der Waals surface area contributed by atoms with Crippen LogP contribution < -0.4 is 4.90 Å². The van der Waals surface area contributed by atoms with Crippen molar-refractivity contribution < 1.29 is 9.13 Å². The first-order valence-electron chi connectivity index (χ1n) is 7.45. The van der Waals surface area contributed by atoms with Gasteiger partial charge in [0.1, 0.15) is 12.7 Å². The van der Waals surface area contributed by atoms with E-state index in [9.17, 15) is 4.39 Å². The zero-order chi connectivity index (χ0) is 15.0. The van der Waals surface area contributed by atoms with E-state index in [1.165, 1.54) is 12.4 Å². The number of anilines is 1. The summed E-state index contributed by atoms with van der Waals surface area (Å²) in [6, 6.07) is 0.268. The van der Waals surface area contributed by atoms with E-state index in [4.69, 9.17) is 4.74 Å². The van der Waals surface area contributed by atoms with Crippen LogP contribution in [0.15, 0.2) is 25.0 Å². The molecule has 2 aromatic rings. The molecule has 2 saturated heterocycles. The molecular weight excluding hydrogens is 287 g/mol. The molecule has 0 aliphatic carbocycles. The van der Waals surface area contributed by atoms with Crippen LogP contribution in [0.2, 0.25) is 0 Å². The standard InChI is InChI=1S/C14H17FN6O/c15-11-5-16-13(17-6-11)20-3-1-2-14(8-20)4-12(7-22-14)21-9-18-19-10-21/h5-6,9-10,12H,1-4,7-8H2/t12-,14+/m1/s1. The molecule has 2 aromatic heterocycles. The lowest BCUT2D eigenvalue weighted by Crippen LogP contribution is -2.48. The molecule has 0 N–H and O–H groups in total. The first-order chi connectivity index (χ1) is 10.7. The van der Waals surface area contributed by atoms with Gasteiger partial charge in [-0.2, -0.15) is 0 Å². The van der Waals surface area contributed by atoms with Gasteiger partial charge in [0.15, 0.2) is 5.82 Å². The highest BCUT2D eigenvalue weighted by Crippen LogP contribution is 2.39. The second kappa shape index (κ2) is 5.28. The maximum atomic E-state index is 13.0. The first-order valence-corrected chi connectivity index (χ1v) is 7.45. The summed E-state index contributed by atoms with van der Waals surface area (Å²) in [5.74, 6) is 0.150. The largest absolute Gasteiger partial charge is 0.371 e. The zero-order valence-electron chi connectivity index (χ0n) is 12.1. The Morgan fingerprint density at radius 2 is 2.00 bits per heavy atom. The number of aromatic nitrogens is 5. The third-order valence-corrected chi connectivity index (χ3v) is 4.48. The van der Waals surface area contributed by atoms with Crippen molar-refractivity contribution in [3.8, 4) is 0 Å². The number of ether oxygens (including phenoxy) is 1. The Morgan fingerprint density at radius 3 is 2.77 bits per heavy atom. The molecule has 0 amide bonds. The monoisotopic (exact) mass is 304 g/mol. The molecule has 0 unspecified atom stereocenters. The number of piperidine rings is 1. The van der Waals surface area contributed by atoms with Crippen LogP contribution in [-0.2, 0) is 4.74 Å². The summed E-state index contributed by atoms with van der Waals surface area (Å²) in [6.45, 7) is 2.27. The molecule has 7 nitrogen and oxygen atoms in total. The molecule has 116 valence electrons. The maximum Gasteiger partial charge on any atom is 0.225 e. The molecule has 2 aliphatic heterocycles. The highest BCUT2D eigenvalue weighted by molar-refractivity contribution is 5.31. The lowest BCUT2D eigenvalue weighted by molar-refractivity contribution is -0.00720. The summed E-state index contributed by atoms with van der Waals surface area (Å²) in [5.41, 5.74) is -0.190. The van der Waals surface area contributed by atoms with Crippen molar-refractivity contribution in [2.24, 2.45) is 0 Å². The first kappa shape index (κ1) is 13.6. The summed E-state index contributed by atoms with van der Waals surface area (Å²) >= 11 is 0. The molecule has 8 heteroatoms.